The summed E-state index contributed by atoms with van der Waals surface area (Å²) >= 11 is -7.29. The van der Waals surface area contributed by atoms with Crippen LogP contribution in [0.25, 0.3) is 0 Å². The summed E-state index contributed by atoms with van der Waals surface area (Å²) in [6.45, 7) is 0. The minimum Gasteiger partial charge on any atom is -0.402 e. The molecular formula is C10AlF15. The third-order valence-corrected chi connectivity index (χ3v) is 5.10. The third-order valence-electron chi connectivity index (χ3n) is 3.06. The summed E-state index contributed by atoms with van der Waals surface area (Å²) in [5, 5.41) is 0. The normalized spacial score (nSPS) is 14.0. The van der Waals surface area contributed by atoms with Gasteiger partial charge in [-0.2, -0.15) is 26.3 Å². The maximum Gasteiger partial charge on any atom is 0.655 e. The Bertz CT molecular complexity index is 659. The minimum absolute atomic E-state index is 3.05. The van der Waals surface area contributed by atoms with Crippen molar-refractivity contribution < 1.29 is 65.0 Å². The van der Waals surface area contributed by atoms with E-state index in [-0.39, 0.29) is 0 Å². The molecule has 0 nitrogen and oxygen atoms in total. The molecule has 0 aromatic heterocycles. The molecule has 0 fully saturated rings. The van der Waals surface area contributed by atoms with Gasteiger partial charge < -0.3 is 3.52 Å². The molecule has 0 aliphatic carbocycles. The van der Waals surface area contributed by atoms with Gasteiger partial charge in [-0.1, -0.05) is 0 Å². The van der Waals surface area contributed by atoms with Gasteiger partial charge in [0.1, 0.15) is 0 Å². The van der Waals surface area contributed by atoms with Crippen molar-refractivity contribution in [3.63, 3.8) is 0 Å². The molecule has 1 aromatic rings. The van der Waals surface area contributed by atoms with Crippen molar-refractivity contribution in [2.75, 3.05) is 0 Å². The number of hydrogen-bond donors (Lipinski definition) is 0. The highest BCUT2D eigenvalue weighted by atomic mass is 27.2. The van der Waals surface area contributed by atoms with E-state index in [1.165, 1.54) is 0 Å². The van der Waals surface area contributed by atoms with Gasteiger partial charge in [-0.3, -0.25) is 0 Å². The second-order valence-corrected chi connectivity index (χ2v) is 6.65. The van der Waals surface area contributed by atoms with Crippen LogP contribution in [0.4, 0.5) is 65.0 Å². The molecule has 0 atom stereocenters. The highest BCUT2D eigenvalue weighted by Gasteiger charge is 2.87. The van der Waals surface area contributed by atoms with Gasteiger partial charge in [-0.15, -0.1) is 0 Å². The maximum absolute atomic E-state index is 13.7. The van der Waals surface area contributed by atoms with Crippen molar-refractivity contribution in [2.24, 2.45) is 0 Å². The van der Waals surface area contributed by atoms with Crippen LogP contribution in [0, 0.1) is 29.1 Å². The van der Waals surface area contributed by atoms with E-state index in [2.05, 4.69) is 0 Å². The van der Waals surface area contributed by atoms with Crippen LogP contribution in [0.1, 0.15) is 0 Å². The number of rotatable bonds is 3. The molecule has 0 spiro atoms. The molecule has 0 amide bonds. The van der Waals surface area contributed by atoms with Crippen molar-refractivity contribution in [1.82, 2.24) is 0 Å². The summed E-state index contributed by atoms with van der Waals surface area (Å²) < 4.78 is 189. The van der Waals surface area contributed by atoms with Crippen molar-refractivity contribution in [3.8, 4) is 0 Å². The van der Waals surface area contributed by atoms with E-state index in [9.17, 15) is 65.0 Å². The van der Waals surface area contributed by atoms with Gasteiger partial charge in [0, 0.05) is 4.43 Å². The summed E-state index contributed by atoms with van der Waals surface area (Å²) in [6, 6.07) is 0. The van der Waals surface area contributed by atoms with E-state index in [1.54, 1.807) is 0 Å². The van der Waals surface area contributed by atoms with Crippen molar-refractivity contribution in [2.45, 2.75) is 22.8 Å². The Morgan fingerprint density at radius 1 is 0.500 bits per heavy atom. The van der Waals surface area contributed by atoms with Crippen LogP contribution in [0.2, 0.25) is 0 Å². The summed E-state index contributed by atoms with van der Waals surface area (Å²) in [5.74, 6) is -16.2. The lowest BCUT2D eigenvalue weighted by Crippen LogP contribution is -2.71. The van der Waals surface area contributed by atoms with Gasteiger partial charge in [0.2, 0.25) is 0 Å². The van der Waals surface area contributed by atoms with Crippen LogP contribution in [0.5, 0.6) is 0 Å². The quantitative estimate of drug-likeness (QED) is 0.285. The molecule has 0 radical (unpaired) electrons. The van der Waals surface area contributed by atoms with Crippen molar-refractivity contribution in [1.29, 1.82) is 0 Å². The maximum atomic E-state index is 13.7. The molecule has 0 aliphatic heterocycles. The first kappa shape index (κ1) is 22.7. The van der Waals surface area contributed by atoms with Crippen LogP contribution >= 0.6 is 0 Å². The summed E-state index contributed by atoms with van der Waals surface area (Å²) in [5.41, 5.74) is -7.65. The third kappa shape index (κ3) is 3.00. The number of hydrogen-bond acceptors (Lipinski definition) is 0. The fourth-order valence-electron chi connectivity index (χ4n) is 1.74. The Labute approximate surface area is 137 Å². The smallest absolute Gasteiger partial charge is 0.402 e. The first-order valence-electron chi connectivity index (χ1n) is 5.69. The fourth-order valence-corrected chi connectivity index (χ4v) is 3.48. The summed E-state index contributed by atoms with van der Waals surface area (Å²) in [4.78, 5) is -7.23. The van der Waals surface area contributed by atoms with Crippen LogP contribution < -0.4 is 4.43 Å². The van der Waals surface area contributed by atoms with Crippen LogP contribution in [0.15, 0.2) is 0 Å². The van der Waals surface area contributed by atoms with E-state index in [4.69, 9.17) is 0 Å². The van der Waals surface area contributed by atoms with Crippen molar-refractivity contribution in [3.05, 3.63) is 29.1 Å². The van der Waals surface area contributed by atoms with E-state index in [0.29, 0.717) is 0 Å². The van der Waals surface area contributed by atoms with Gasteiger partial charge in [-0.25, -0.2) is 35.1 Å². The zero-order chi connectivity index (χ0) is 21.0. The van der Waals surface area contributed by atoms with E-state index in [0.717, 1.165) is 0 Å². The molecule has 1 rings (SSSR count). The van der Waals surface area contributed by atoms with E-state index >= 15 is 0 Å². The molecule has 0 aliphatic rings. The van der Waals surface area contributed by atoms with Crippen molar-refractivity contribution >= 4 is 19.0 Å². The number of benzene rings is 1. The Morgan fingerprint density at radius 3 is 1.04 bits per heavy atom. The topological polar surface area (TPSA) is 0 Å². The highest BCUT2D eigenvalue weighted by Crippen LogP contribution is 2.55. The fraction of sp³-hybridized carbons (Fsp3) is 0.400. The van der Waals surface area contributed by atoms with E-state index < -0.39 is 70.9 Å². The lowest BCUT2D eigenvalue weighted by atomic mass is 10.1. The number of alkyl halides is 9. The average Bonchev–Trinajstić information content (AvgIpc) is 2.47. The predicted molar refractivity (Wildman–Crippen MR) is 53.6 cm³/mol. The molecule has 0 heterocycles. The number of halogens is 15. The molecule has 148 valence electrons. The zero-order valence-corrected chi connectivity index (χ0v) is 12.4. The largest absolute Gasteiger partial charge is 0.655 e. The van der Waals surface area contributed by atoms with Gasteiger partial charge in [0.25, 0.3) is 4.78 Å². The Hall–Kier alpha value is -1.30. The van der Waals surface area contributed by atoms with Gasteiger partial charge in [0.15, 0.2) is 29.1 Å². The molecule has 0 saturated heterocycles. The highest BCUT2D eigenvalue weighted by molar-refractivity contribution is 6.69. The lowest BCUT2D eigenvalue weighted by Gasteiger charge is -2.36. The second-order valence-electron chi connectivity index (χ2n) is 4.62. The molecule has 0 saturated carbocycles. The Balaban J connectivity index is 3.80. The van der Waals surface area contributed by atoms with Crippen LogP contribution in [-0.4, -0.2) is 37.4 Å². The Morgan fingerprint density at radius 2 is 0.769 bits per heavy atom. The first-order valence-corrected chi connectivity index (χ1v) is 7.28. The zero-order valence-electron chi connectivity index (χ0n) is 11.2. The monoisotopic (exact) mass is 432 g/mol. The van der Waals surface area contributed by atoms with Crippen LogP contribution in [-0.2, 0) is 0 Å². The minimum atomic E-state index is -7.65. The van der Waals surface area contributed by atoms with Gasteiger partial charge in [-0.05, 0) is 0 Å². The summed E-state index contributed by atoms with van der Waals surface area (Å²) in [6.07, 6.45) is -15.1. The lowest BCUT2D eigenvalue weighted by molar-refractivity contribution is -0.381. The Kier molecular flexibility index (Phi) is 5.60. The average molecular weight is 432 g/mol. The van der Waals surface area contributed by atoms with Gasteiger partial charge >= 0.3 is 32.6 Å². The van der Waals surface area contributed by atoms with Gasteiger partial charge in [0.05, 0.1) is 0 Å². The predicted octanol–water partition coefficient (Wildman–Crippen LogP) is 4.56. The van der Waals surface area contributed by atoms with Crippen LogP contribution in [0.3, 0.4) is 0 Å². The molecule has 0 unspecified atom stereocenters. The standard InChI is InChI=1S/C6F5.C4F9.Al.FH/c7-2-1-3(8)5(10)6(11)4(2)9;5-1(6)2(7,3(8,9)10)4(11,12)13;;/h;;;1H/q;;+1;/p-1. The molecule has 16 heteroatoms. The second kappa shape index (κ2) is 6.40. The molecule has 0 bridgehead atoms. The molecular weight excluding hydrogens is 432 g/mol. The molecule has 1 aromatic carbocycles. The first-order chi connectivity index (χ1) is 11.3. The SMILES string of the molecule is Fc1c(F)c(F)[c]([Al]([F])[C](F)(F)C(F)(C(F)(F)F)C(F)(F)F)c(F)c1F. The molecule has 26 heavy (non-hydrogen) atoms. The molecule has 0 N–H and O–H groups in total. The summed E-state index contributed by atoms with van der Waals surface area (Å²) in [7, 11) is 0. The van der Waals surface area contributed by atoms with E-state index in [1.807, 2.05) is 0 Å².